The standard InChI is InChI=1S/C14H15FN2O2S/c1-20(18,19)12-5-2-10(3-6-12)9-17-14-7-4-11(16)8-13(14)15/h2-8,17H,9,16H2,1H3. The quantitative estimate of drug-likeness (QED) is 0.849. The monoisotopic (exact) mass is 294 g/mol. The number of benzene rings is 2. The van der Waals surface area contributed by atoms with Crippen LogP contribution in [-0.2, 0) is 16.4 Å². The minimum absolute atomic E-state index is 0.264. The van der Waals surface area contributed by atoms with Crippen molar-refractivity contribution >= 4 is 21.2 Å². The van der Waals surface area contributed by atoms with Gasteiger partial charge >= 0.3 is 0 Å². The lowest BCUT2D eigenvalue weighted by Crippen LogP contribution is -2.03. The molecule has 0 spiro atoms. The van der Waals surface area contributed by atoms with Crippen LogP contribution >= 0.6 is 0 Å². The Labute approximate surface area is 117 Å². The fourth-order valence-electron chi connectivity index (χ4n) is 1.73. The van der Waals surface area contributed by atoms with E-state index in [1.807, 2.05) is 0 Å². The molecule has 0 heterocycles. The zero-order chi connectivity index (χ0) is 14.8. The summed E-state index contributed by atoms with van der Waals surface area (Å²) in [7, 11) is -3.19. The first kappa shape index (κ1) is 14.3. The summed E-state index contributed by atoms with van der Waals surface area (Å²) < 4.78 is 36.2. The smallest absolute Gasteiger partial charge is 0.175 e. The molecule has 0 fully saturated rings. The highest BCUT2D eigenvalue weighted by molar-refractivity contribution is 7.90. The van der Waals surface area contributed by atoms with Crippen LogP contribution in [0.25, 0.3) is 0 Å². The average molecular weight is 294 g/mol. The van der Waals surface area contributed by atoms with Gasteiger partial charge in [-0.1, -0.05) is 12.1 Å². The van der Waals surface area contributed by atoms with Gasteiger partial charge in [0, 0.05) is 18.5 Å². The van der Waals surface area contributed by atoms with Crippen molar-refractivity contribution < 1.29 is 12.8 Å². The van der Waals surface area contributed by atoms with Crippen LogP contribution in [0.15, 0.2) is 47.4 Å². The van der Waals surface area contributed by atoms with Crippen LogP contribution in [0.5, 0.6) is 0 Å². The summed E-state index contributed by atoms with van der Waals surface area (Å²) in [5.74, 6) is -0.419. The van der Waals surface area contributed by atoms with Gasteiger partial charge in [-0.3, -0.25) is 0 Å². The predicted molar refractivity (Wildman–Crippen MR) is 77.7 cm³/mol. The molecule has 0 atom stereocenters. The molecule has 0 aliphatic heterocycles. The third-order valence-electron chi connectivity index (χ3n) is 2.83. The van der Waals surface area contributed by atoms with Gasteiger partial charge in [0.25, 0.3) is 0 Å². The van der Waals surface area contributed by atoms with Crippen LogP contribution in [-0.4, -0.2) is 14.7 Å². The van der Waals surface area contributed by atoms with Gasteiger partial charge in [-0.15, -0.1) is 0 Å². The highest BCUT2D eigenvalue weighted by Gasteiger charge is 2.06. The van der Waals surface area contributed by atoms with Gasteiger partial charge in [-0.25, -0.2) is 12.8 Å². The molecule has 3 N–H and O–H groups in total. The number of hydrogen-bond donors (Lipinski definition) is 2. The molecule has 0 saturated carbocycles. The molecule has 106 valence electrons. The van der Waals surface area contributed by atoms with Gasteiger partial charge in [0.1, 0.15) is 5.82 Å². The Kier molecular flexibility index (Phi) is 3.94. The van der Waals surface area contributed by atoms with Crippen LogP contribution in [0.4, 0.5) is 15.8 Å². The number of sulfone groups is 1. The molecular weight excluding hydrogens is 279 g/mol. The Hall–Kier alpha value is -2.08. The number of rotatable bonds is 4. The van der Waals surface area contributed by atoms with Gasteiger partial charge < -0.3 is 11.1 Å². The highest BCUT2D eigenvalue weighted by atomic mass is 32.2. The molecule has 0 aromatic heterocycles. The molecule has 2 rings (SSSR count). The topological polar surface area (TPSA) is 72.2 Å². The van der Waals surface area contributed by atoms with Gasteiger partial charge in [0.05, 0.1) is 10.6 Å². The highest BCUT2D eigenvalue weighted by Crippen LogP contribution is 2.18. The van der Waals surface area contributed by atoms with Crippen molar-refractivity contribution in [1.29, 1.82) is 0 Å². The zero-order valence-corrected chi connectivity index (χ0v) is 11.7. The number of anilines is 2. The SMILES string of the molecule is CS(=O)(=O)c1ccc(CNc2ccc(N)cc2F)cc1. The van der Waals surface area contributed by atoms with Crippen molar-refractivity contribution in [1.82, 2.24) is 0 Å². The molecule has 20 heavy (non-hydrogen) atoms. The summed E-state index contributed by atoms with van der Waals surface area (Å²) in [6.45, 7) is 0.394. The predicted octanol–water partition coefficient (Wildman–Crippen LogP) is 2.42. The molecular formula is C14H15FN2O2S. The van der Waals surface area contributed by atoms with E-state index in [0.29, 0.717) is 17.9 Å². The first-order valence-electron chi connectivity index (χ1n) is 5.94. The molecule has 6 heteroatoms. The molecule has 2 aromatic carbocycles. The second kappa shape index (κ2) is 5.50. The van der Waals surface area contributed by atoms with E-state index < -0.39 is 15.7 Å². The van der Waals surface area contributed by atoms with Gasteiger partial charge in [0.2, 0.25) is 0 Å². The second-order valence-electron chi connectivity index (χ2n) is 4.51. The number of nitrogens with one attached hydrogen (secondary N) is 1. The van der Waals surface area contributed by atoms with Crippen LogP contribution in [0.1, 0.15) is 5.56 Å². The fraction of sp³-hybridized carbons (Fsp3) is 0.143. The van der Waals surface area contributed by atoms with Crippen molar-refractivity contribution in [2.45, 2.75) is 11.4 Å². The van der Waals surface area contributed by atoms with E-state index in [2.05, 4.69) is 5.32 Å². The van der Waals surface area contributed by atoms with Crippen LogP contribution in [0.3, 0.4) is 0 Å². The first-order valence-corrected chi connectivity index (χ1v) is 7.83. The molecule has 0 aliphatic carbocycles. The Morgan fingerprint density at radius 3 is 2.35 bits per heavy atom. The first-order chi connectivity index (χ1) is 9.36. The van der Waals surface area contributed by atoms with Gasteiger partial charge in [-0.2, -0.15) is 0 Å². The van der Waals surface area contributed by atoms with Crippen LogP contribution in [0.2, 0.25) is 0 Å². The van der Waals surface area contributed by atoms with Crippen molar-refractivity contribution in [2.75, 3.05) is 17.3 Å². The van der Waals surface area contributed by atoms with E-state index >= 15 is 0 Å². The van der Waals surface area contributed by atoms with E-state index in [1.54, 1.807) is 24.3 Å². The summed E-state index contributed by atoms with van der Waals surface area (Å²) in [6, 6.07) is 10.9. The van der Waals surface area contributed by atoms with Crippen LogP contribution in [0, 0.1) is 5.82 Å². The van der Waals surface area contributed by atoms with Gasteiger partial charge in [0.15, 0.2) is 9.84 Å². The number of nitrogen functional groups attached to an aromatic ring is 1. The number of nitrogens with two attached hydrogens (primary N) is 1. The lowest BCUT2D eigenvalue weighted by atomic mass is 10.2. The third-order valence-corrected chi connectivity index (χ3v) is 3.96. The minimum atomic E-state index is -3.19. The maximum absolute atomic E-state index is 13.6. The fourth-order valence-corrected chi connectivity index (χ4v) is 2.36. The maximum Gasteiger partial charge on any atom is 0.175 e. The average Bonchev–Trinajstić information content (AvgIpc) is 2.37. The van der Waals surface area contributed by atoms with E-state index in [0.717, 1.165) is 11.8 Å². The molecule has 0 aliphatic rings. The summed E-state index contributed by atoms with van der Waals surface area (Å²) >= 11 is 0. The number of hydrogen-bond acceptors (Lipinski definition) is 4. The van der Waals surface area contributed by atoms with E-state index in [9.17, 15) is 12.8 Å². The summed E-state index contributed by atoms with van der Waals surface area (Å²) in [6.07, 6.45) is 1.16. The summed E-state index contributed by atoms with van der Waals surface area (Å²) in [4.78, 5) is 0.264. The summed E-state index contributed by atoms with van der Waals surface area (Å²) in [5.41, 5.74) is 7.04. The number of halogens is 1. The lowest BCUT2D eigenvalue weighted by molar-refractivity contribution is 0.602. The van der Waals surface area contributed by atoms with Crippen molar-refractivity contribution in [3.8, 4) is 0 Å². The normalized spacial score (nSPS) is 11.3. The minimum Gasteiger partial charge on any atom is -0.399 e. The molecule has 0 unspecified atom stereocenters. The van der Waals surface area contributed by atoms with Crippen molar-refractivity contribution in [3.63, 3.8) is 0 Å². The van der Waals surface area contributed by atoms with Gasteiger partial charge in [-0.05, 0) is 35.9 Å². The molecule has 0 radical (unpaired) electrons. The lowest BCUT2D eigenvalue weighted by Gasteiger charge is -2.08. The second-order valence-corrected chi connectivity index (χ2v) is 6.52. The Bertz CT molecular complexity index is 712. The molecule has 0 bridgehead atoms. The molecule has 2 aromatic rings. The maximum atomic E-state index is 13.6. The van der Waals surface area contributed by atoms with Crippen LogP contribution < -0.4 is 11.1 Å². The van der Waals surface area contributed by atoms with Crippen molar-refractivity contribution in [2.24, 2.45) is 0 Å². The summed E-state index contributed by atoms with van der Waals surface area (Å²) in [5, 5.41) is 2.93. The van der Waals surface area contributed by atoms with Crippen molar-refractivity contribution in [3.05, 3.63) is 53.8 Å². The Morgan fingerprint density at radius 1 is 1.15 bits per heavy atom. The third kappa shape index (κ3) is 3.48. The Morgan fingerprint density at radius 2 is 1.80 bits per heavy atom. The molecule has 4 nitrogen and oxygen atoms in total. The van der Waals surface area contributed by atoms with E-state index in [-0.39, 0.29) is 4.90 Å². The largest absolute Gasteiger partial charge is 0.399 e. The van der Waals surface area contributed by atoms with E-state index in [1.165, 1.54) is 18.2 Å². The molecule has 0 amide bonds. The Balaban J connectivity index is 2.08. The zero-order valence-electron chi connectivity index (χ0n) is 10.9. The molecule has 0 saturated heterocycles. The van der Waals surface area contributed by atoms with E-state index in [4.69, 9.17) is 5.73 Å².